The number of benzene rings is 10. The van der Waals surface area contributed by atoms with E-state index in [1.165, 1.54) is 66.4 Å². The van der Waals surface area contributed by atoms with Gasteiger partial charge in [0.15, 0.2) is 11.6 Å². The molecule has 0 aliphatic heterocycles. The second kappa shape index (κ2) is 15.1. The van der Waals surface area contributed by atoms with Gasteiger partial charge in [0, 0.05) is 32.9 Å². The quantitative estimate of drug-likeness (QED) is 0.177. The monoisotopic (exact) mass is 834 g/mol. The predicted molar refractivity (Wildman–Crippen MR) is 274 cm³/mol. The third-order valence-corrected chi connectivity index (χ3v) is 13.4. The summed E-state index contributed by atoms with van der Waals surface area (Å²) in [6.07, 6.45) is 1.25. The molecule has 0 fully saturated rings. The van der Waals surface area contributed by atoms with Crippen molar-refractivity contribution in [2.75, 3.05) is 0 Å². The van der Waals surface area contributed by atoms with Crippen molar-refractivity contribution in [3.63, 3.8) is 0 Å². The molecule has 4 nitrogen and oxygen atoms in total. The lowest BCUT2D eigenvalue weighted by Crippen LogP contribution is -2.15. The van der Waals surface area contributed by atoms with E-state index in [2.05, 4.69) is 226 Å². The number of hydrogen-bond donors (Lipinski definition) is 0. The van der Waals surface area contributed by atoms with Crippen molar-refractivity contribution in [2.24, 2.45) is 0 Å². The lowest BCUT2D eigenvalue weighted by Gasteiger charge is -2.22. The minimum atomic E-state index is -0.181. The van der Waals surface area contributed by atoms with Gasteiger partial charge in [0.05, 0.1) is 11.0 Å². The third kappa shape index (κ3) is 6.16. The van der Waals surface area contributed by atoms with E-state index >= 15 is 0 Å². The van der Waals surface area contributed by atoms with Gasteiger partial charge in [-0.15, -0.1) is 0 Å². The molecule has 0 atom stereocenters. The molecule has 4 heteroatoms. The van der Waals surface area contributed by atoms with Gasteiger partial charge >= 0.3 is 0 Å². The smallest absolute Gasteiger partial charge is 0.238 e. The molecular weight excluding hydrogens is 789 g/mol. The molecule has 0 unspecified atom stereocenters. The fraction of sp³-hybridized carbons (Fsp3) is 0.0984. The molecule has 0 amide bonds. The van der Waals surface area contributed by atoms with Crippen LogP contribution >= 0.6 is 0 Å². The van der Waals surface area contributed by atoms with Crippen LogP contribution in [0.1, 0.15) is 45.2 Å². The first-order valence-electron chi connectivity index (χ1n) is 22.8. The highest BCUT2D eigenvalue weighted by molar-refractivity contribution is 6.23. The second-order valence-electron chi connectivity index (χ2n) is 17.9. The molecular formula is C61H46N4. The van der Waals surface area contributed by atoms with Crippen LogP contribution in [-0.4, -0.2) is 19.5 Å². The number of aromatic nitrogens is 4. The molecule has 10 aromatic carbocycles. The van der Waals surface area contributed by atoms with Crippen molar-refractivity contribution in [2.45, 2.75) is 39.5 Å². The van der Waals surface area contributed by atoms with Crippen molar-refractivity contribution >= 4 is 64.9 Å². The Morgan fingerprint density at radius 3 is 1.60 bits per heavy atom. The van der Waals surface area contributed by atoms with E-state index in [1.54, 1.807) is 0 Å². The van der Waals surface area contributed by atoms with E-state index in [-0.39, 0.29) is 5.41 Å². The first kappa shape index (κ1) is 38.7. The molecule has 65 heavy (non-hydrogen) atoms. The maximum absolute atomic E-state index is 5.43. The van der Waals surface area contributed by atoms with Gasteiger partial charge in [-0.3, -0.25) is 4.57 Å². The predicted octanol–water partition coefficient (Wildman–Crippen LogP) is 16.3. The van der Waals surface area contributed by atoms with E-state index in [0.29, 0.717) is 17.6 Å². The summed E-state index contributed by atoms with van der Waals surface area (Å²) in [7, 11) is 0. The number of rotatable bonds is 4. The average molecular weight is 835 g/mol. The Balaban J connectivity index is 0.00000144. The normalized spacial score (nSPS) is 12.8. The van der Waals surface area contributed by atoms with Gasteiger partial charge < -0.3 is 0 Å². The fourth-order valence-electron chi connectivity index (χ4n) is 10.3. The second-order valence-corrected chi connectivity index (χ2v) is 17.9. The van der Waals surface area contributed by atoms with Gasteiger partial charge in [0.1, 0.15) is 0 Å². The van der Waals surface area contributed by atoms with Crippen LogP contribution in [0, 0.1) is 0 Å². The topological polar surface area (TPSA) is 43.6 Å². The molecule has 0 saturated heterocycles. The van der Waals surface area contributed by atoms with Crippen molar-refractivity contribution in [3.05, 3.63) is 205 Å². The molecule has 0 N–H and O–H groups in total. The maximum atomic E-state index is 5.43. The number of para-hydroxylation sites is 1. The van der Waals surface area contributed by atoms with Crippen LogP contribution in [0.2, 0.25) is 0 Å². The molecule has 0 spiro atoms. The molecule has 0 bridgehead atoms. The highest BCUT2D eigenvalue weighted by Crippen LogP contribution is 2.53. The van der Waals surface area contributed by atoms with Crippen LogP contribution in [0.3, 0.4) is 0 Å². The summed E-state index contributed by atoms with van der Waals surface area (Å²) in [5.74, 6) is 1.83. The minimum Gasteiger partial charge on any atom is -0.277 e. The van der Waals surface area contributed by atoms with Gasteiger partial charge in [0.2, 0.25) is 5.95 Å². The summed E-state index contributed by atoms with van der Waals surface area (Å²) in [5, 5.41) is 11.9. The van der Waals surface area contributed by atoms with Crippen molar-refractivity contribution < 1.29 is 0 Å². The third-order valence-electron chi connectivity index (χ3n) is 13.4. The van der Waals surface area contributed by atoms with Gasteiger partial charge in [-0.25, -0.2) is 4.98 Å². The van der Waals surface area contributed by atoms with E-state index < -0.39 is 0 Å². The standard InChI is InChI=1S/C58H38N4.C3H8/c1-58(2)49-30-27-37-14-7-9-18-44(37)52(49)47-29-26-41(34-50(47)58)46-20-11-21-48-53-45-19-10-8-15-38(45)28-31-51(53)62(54(46)48)57-60-55(42-24-22-35-12-3-5-16-39(35)32-42)59-56(61-57)43-25-23-36-13-4-6-17-40(36)33-43;1-3-2/h3-34H,1-2H3;3H2,1-2H3. The van der Waals surface area contributed by atoms with E-state index in [4.69, 9.17) is 15.0 Å². The molecule has 310 valence electrons. The largest absolute Gasteiger partial charge is 0.277 e. The first-order valence-corrected chi connectivity index (χ1v) is 22.8. The summed E-state index contributed by atoms with van der Waals surface area (Å²) in [6.45, 7) is 8.99. The number of fused-ring (bicyclic) bond motifs is 12. The summed E-state index contributed by atoms with van der Waals surface area (Å²) in [5.41, 5.74) is 11.5. The Bertz CT molecular complexity index is 3780. The molecule has 1 aliphatic rings. The van der Waals surface area contributed by atoms with Crippen LogP contribution in [-0.2, 0) is 5.41 Å². The van der Waals surface area contributed by atoms with Crippen LogP contribution in [0.5, 0.6) is 0 Å². The summed E-state index contributed by atoms with van der Waals surface area (Å²) in [4.78, 5) is 16.1. The Kier molecular flexibility index (Phi) is 8.99. The zero-order valence-electron chi connectivity index (χ0n) is 37.0. The zero-order chi connectivity index (χ0) is 43.8. The molecule has 0 saturated carbocycles. The van der Waals surface area contributed by atoms with Crippen LogP contribution in [0.15, 0.2) is 194 Å². The summed E-state index contributed by atoms with van der Waals surface area (Å²) >= 11 is 0. The molecule has 0 radical (unpaired) electrons. The van der Waals surface area contributed by atoms with Gasteiger partial charge in [0.25, 0.3) is 0 Å². The lowest BCUT2D eigenvalue weighted by molar-refractivity contribution is 0.661. The first-order chi connectivity index (χ1) is 31.9. The highest BCUT2D eigenvalue weighted by atomic mass is 15.2. The summed E-state index contributed by atoms with van der Waals surface area (Å²) in [6, 6.07) is 70.2. The van der Waals surface area contributed by atoms with Crippen molar-refractivity contribution in [1.82, 2.24) is 19.5 Å². The molecule has 1 aliphatic carbocycles. The Hall–Kier alpha value is -7.95. The highest BCUT2D eigenvalue weighted by Gasteiger charge is 2.37. The molecule has 2 aromatic heterocycles. The van der Waals surface area contributed by atoms with E-state index in [9.17, 15) is 0 Å². The molecule has 2 heterocycles. The van der Waals surface area contributed by atoms with E-state index in [0.717, 1.165) is 49.4 Å². The number of nitrogens with zero attached hydrogens (tertiary/aromatic N) is 4. The maximum Gasteiger partial charge on any atom is 0.238 e. The Morgan fingerprint density at radius 1 is 0.415 bits per heavy atom. The van der Waals surface area contributed by atoms with Crippen LogP contribution in [0.25, 0.3) is 116 Å². The van der Waals surface area contributed by atoms with Gasteiger partial charge in [-0.1, -0.05) is 204 Å². The summed E-state index contributed by atoms with van der Waals surface area (Å²) < 4.78 is 2.30. The molecule has 12 aromatic rings. The Labute approximate surface area is 378 Å². The van der Waals surface area contributed by atoms with Crippen LogP contribution in [0.4, 0.5) is 0 Å². The molecule has 13 rings (SSSR count). The SMILES string of the molecule is CC1(C)c2cc(-c3cccc4c5c6ccccc6ccc5n(-c5nc(-c6ccc7ccccc7c6)nc(-c6ccc7ccccc7c6)n5)c34)ccc2-c2c1ccc1ccccc21.CCC. The van der Waals surface area contributed by atoms with Crippen molar-refractivity contribution in [1.29, 1.82) is 0 Å². The minimum absolute atomic E-state index is 0.181. The Morgan fingerprint density at radius 2 is 0.938 bits per heavy atom. The fourth-order valence-corrected chi connectivity index (χ4v) is 10.3. The van der Waals surface area contributed by atoms with E-state index in [1.807, 2.05) is 0 Å². The zero-order valence-corrected chi connectivity index (χ0v) is 37.0. The average Bonchev–Trinajstić information content (AvgIpc) is 3.82. The lowest BCUT2D eigenvalue weighted by atomic mass is 9.81. The van der Waals surface area contributed by atoms with Gasteiger partial charge in [-0.2, -0.15) is 9.97 Å². The van der Waals surface area contributed by atoms with Gasteiger partial charge in [-0.05, 0) is 95.2 Å². The van der Waals surface area contributed by atoms with Crippen LogP contribution < -0.4 is 0 Å². The van der Waals surface area contributed by atoms with Crippen molar-refractivity contribution in [3.8, 4) is 51.0 Å². The number of hydrogen-bond acceptors (Lipinski definition) is 3.